The van der Waals surface area contributed by atoms with Crippen LogP contribution in [0.4, 0.5) is 5.69 Å². The number of rotatable bonds is 6. The zero-order valence-corrected chi connectivity index (χ0v) is 27.0. The number of phenols is 1. The molecule has 3 heterocycles. The quantitative estimate of drug-likeness (QED) is 0.277. The van der Waals surface area contributed by atoms with Gasteiger partial charge in [-0.3, -0.25) is 24.6 Å². The fourth-order valence-electron chi connectivity index (χ4n) is 8.32. The predicted octanol–water partition coefficient (Wildman–Crippen LogP) is 5.34. The predicted molar refractivity (Wildman–Crippen MR) is 184 cm³/mol. The van der Waals surface area contributed by atoms with Gasteiger partial charge in [-0.15, -0.1) is 0 Å². The largest absolute Gasteiger partial charge is 0.508 e. The van der Waals surface area contributed by atoms with Crippen LogP contribution in [0.2, 0.25) is 0 Å². The fourth-order valence-corrected chi connectivity index (χ4v) is 8.32. The van der Waals surface area contributed by atoms with Crippen molar-refractivity contribution in [2.24, 2.45) is 0 Å². The van der Waals surface area contributed by atoms with Crippen LogP contribution < -0.4 is 10.2 Å². The molecule has 2 N–H and O–H groups in total. The fraction of sp³-hybridized carbons (Fsp3) is 0.325. The first kappa shape index (κ1) is 30.4. The van der Waals surface area contributed by atoms with Gasteiger partial charge in [0.25, 0.3) is 5.91 Å². The molecule has 4 aromatic carbocycles. The number of hydrogen-bond acceptors (Lipinski definition) is 6. The lowest BCUT2D eigenvalue weighted by Gasteiger charge is -2.37. The molecule has 8 heteroatoms. The molecule has 1 aliphatic carbocycles. The Hall–Kier alpha value is -4.95. The molecule has 2 fully saturated rings. The van der Waals surface area contributed by atoms with Crippen molar-refractivity contribution in [3.05, 3.63) is 130 Å². The van der Waals surface area contributed by atoms with Crippen LogP contribution in [0.5, 0.6) is 5.75 Å². The Kier molecular flexibility index (Phi) is 7.96. The van der Waals surface area contributed by atoms with Crippen molar-refractivity contribution in [3.8, 4) is 5.75 Å². The number of aromatic hydroxyl groups is 1. The third-order valence-electron chi connectivity index (χ3n) is 10.8. The minimum Gasteiger partial charge on any atom is -0.508 e. The van der Waals surface area contributed by atoms with E-state index in [1.54, 1.807) is 4.90 Å². The molecule has 8 rings (SSSR count). The van der Waals surface area contributed by atoms with Gasteiger partial charge in [-0.1, -0.05) is 60.7 Å². The summed E-state index contributed by atoms with van der Waals surface area (Å²) in [7, 11) is 0. The number of aryl methyl sites for hydroxylation is 1. The third kappa shape index (κ3) is 5.75. The maximum absolute atomic E-state index is 13.1. The van der Waals surface area contributed by atoms with Gasteiger partial charge in [-0.2, -0.15) is 0 Å². The van der Waals surface area contributed by atoms with Crippen molar-refractivity contribution in [2.75, 3.05) is 31.1 Å². The number of imide groups is 1. The topological polar surface area (TPSA) is 93.2 Å². The highest BCUT2D eigenvalue weighted by Crippen LogP contribution is 2.47. The SMILES string of the molecule is O=C1CCC(N2Cc3cc(CN4CCN(c5ccc([C@H]6c7ccc(O)cc7CC[C@H]6c6ccccc6)cc5)CC4)ccc3C2=O)C(=O)N1. The van der Waals surface area contributed by atoms with E-state index in [9.17, 15) is 19.5 Å². The molecule has 0 saturated carbocycles. The Labute approximate surface area is 281 Å². The summed E-state index contributed by atoms with van der Waals surface area (Å²) in [5.74, 6) is 0.176. The number of anilines is 1. The van der Waals surface area contributed by atoms with E-state index < -0.39 is 6.04 Å². The summed E-state index contributed by atoms with van der Waals surface area (Å²) in [5.41, 5.74) is 9.24. The van der Waals surface area contributed by atoms with Crippen molar-refractivity contribution < 1.29 is 19.5 Å². The average Bonchev–Trinajstić information content (AvgIpc) is 3.43. The van der Waals surface area contributed by atoms with Gasteiger partial charge in [-0.25, -0.2) is 0 Å². The lowest BCUT2D eigenvalue weighted by Crippen LogP contribution is -2.52. The molecule has 3 aliphatic heterocycles. The molecular formula is C40H40N4O4. The zero-order chi connectivity index (χ0) is 32.8. The van der Waals surface area contributed by atoms with Crippen LogP contribution in [0.1, 0.15) is 74.8 Å². The molecule has 0 radical (unpaired) electrons. The first-order valence-electron chi connectivity index (χ1n) is 17.1. The van der Waals surface area contributed by atoms with Gasteiger partial charge in [0, 0.05) is 62.9 Å². The Morgan fingerprint density at radius 1 is 0.750 bits per heavy atom. The molecule has 0 spiro atoms. The van der Waals surface area contributed by atoms with Crippen LogP contribution in [0.25, 0.3) is 0 Å². The highest BCUT2D eigenvalue weighted by atomic mass is 16.3. The van der Waals surface area contributed by atoms with Crippen molar-refractivity contribution in [2.45, 2.75) is 56.7 Å². The van der Waals surface area contributed by atoms with E-state index in [0.29, 0.717) is 30.2 Å². The molecule has 244 valence electrons. The Bertz CT molecular complexity index is 1870. The number of carbonyl (C=O) groups is 3. The number of amides is 3. The second-order valence-corrected chi connectivity index (χ2v) is 13.7. The van der Waals surface area contributed by atoms with Crippen LogP contribution >= 0.6 is 0 Å². The molecule has 4 aliphatic rings. The van der Waals surface area contributed by atoms with Crippen molar-refractivity contribution in [1.82, 2.24) is 15.1 Å². The van der Waals surface area contributed by atoms with E-state index in [-0.39, 0.29) is 30.1 Å². The molecule has 0 aromatic heterocycles. The summed E-state index contributed by atoms with van der Waals surface area (Å²) < 4.78 is 0. The van der Waals surface area contributed by atoms with E-state index in [1.807, 2.05) is 24.3 Å². The van der Waals surface area contributed by atoms with Gasteiger partial charge in [0.05, 0.1) is 0 Å². The minimum absolute atomic E-state index is 0.131. The zero-order valence-electron chi connectivity index (χ0n) is 27.0. The van der Waals surface area contributed by atoms with Gasteiger partial charge < -0.3 is 14.9 Å². The Morgan fingerprint density at radius 3 is 2.31 bits per heavy atom. The second kappa shape index (κ2) is 12.6. The highest BCUT2D eigenvalue weighted by Gasteiger charge is 2.39. The van der Waals surface area contributed by atoms with Crippen LogP contribution in [0.3, 0.4) is 0 Å². The first-order valence-corrected chi connectivity index (χ1v) is 17.1. The molecular weight excluding hydrogens is 600 g/mol. The molecule has 8 nitrogen and oxygen atoms in total. The number of nitrogens with zero attached hydrogens (tertiary/aromatic N) is 3. The monoisotopic (exact) mass is 640 g/mol. The number of piperidine rings is 1. The first-order chi connectivity index (χ1) is 23.4. The molecule has 3 amide bonds. The van der Waals surface area contributed by atoms with Gasteiger partial charge in [0.2, 0.25) is 11.8 Å². The maximum Gasteiger partial charge on any atom is 0.255 e. The van der Waals surface area contributed by atoms with Crippen LogP contribution in [-0.2, 0) is 29.1 Å². The average molecular weight is 641 g/mol. The Balaban J connectivity index is 0.919. The number of nitrogens with one attached hydrogen (secondary N) is 1. The van der Waals surface area contributed by atoms with Crippen LogP contribution in [0.15, 0.2) is 91.0 Å². The summed E-state index contributed by atoms with van der Waals surface area (Å²) in [6, 6.07) is 31.3. The number of phenolic OH excluding ortho intramolecular Hbond substituents is 1. The number of hydrogen-bond donors (Lipinski definition) is 2. The lowest BCUT2D eigenvalue weighted by molar-refractivity contribution is -0.136. The molecule has 0 bridgehead atoms. The van der Waals surface area contributed by atoms with E-state index in [0.717, 1.165) is 51.1 Å². The lowest BCUT2D eigenvalue weighted by atomic mass is 9.69. The van der Waals surface area contributed by atoms with Gasteiger partial charge in [0.15, 0.2) is 0 Å². The summed E-state index contributed by atoms with van der Waals surface area (Å²) in [4.78, 5) is 43.6. The normalized spacial score (nSPS) is 22.8. The number of carbonyl (C=O) groups excluding carboxylic acids is 3. The highest BCUT2D eigenvalue weighted by molar-refractivity contribution is 6.05. The number of fused-ring (bicyclic) bond motifs is 2. The van der Waals surface area contributed by atoms with Gasteiger partial charge in [-0.05, 0) is 88.9 Å². The minimum atomic E-state index is -0.591. The molecule has 2 saturated heterocycles. The van der Waals surface area contributed by atoms with E-state index in [4.69, 9.17) is 0 Å². The van der Waals surface area contributed by atoms with E-state index >= 15 is 0 Å². The standard InChI is InChI=1S/C40H40N4O4/c45-32-12-15-34-29(23-32)9-14-33(27-4-2-1-3-5-27)38(34)28-7-10-31(11-8-28)43-20-18-42(19-21-43)24-26-6-13-35-30(22-26)25-44(40(35)48)36-16-17-37(46)41-39(36)47/h1-8,10-13,15,22-23,33,36,38,45H,9,14,16-21,24-25H2,(H,41,46,47)/t33-,36?,38+/m0/s1. The Morgan fingerprint density at radius 2 is 1.54 bits per heavy atom. The number of piperazine rings is 1. The van der Waals surface area contributed by atoms with E-state index in [1.165, 1.54) is 33.5 Å². The molecule has 4 aromatic rings. The van der Waals surface area contributed by atoms with Gasteiger partial charge >= 0.3 is 0 Å². The van der Waals surface area contributed by atoms with Crippen molar-refractivity contribution in [1.29, 1.82) is 0 Å². The summed E-state index contributed by atoms with van der Waals surface area (Å²) in [5, 5.41) is 12.6. The second-order valence-electron chi connectivity index (χ2n) is 13.7. The maximum atomic E-state index is 13.1. The van der Waals surface area contributed by atoms with Crippen molar-refractivity contribution in [3.63, 3.8) is 0 Å². The van der Waals surface area contributed by atoms with E-state index in [2.05, 4.69) is 81.8 Å². The van der Waals surface area contributed by atoms with Crippen LogP contribution in [-0.4, -0.2) is 64.8 Å². The number of benzene rings is 4. The third-order valence-corrected chi connectivity index (χ3v) is 10.8. The molecule has 3 atom stereocenters. The summed E-state index contributed by atoms with van der Waals surface area (Å²) >= 11 is 0. The summed E-state index contributed by atoms with van der Waals surface area (Å²) in [6.07, 6.45) is 2.65. The van der Waals surface area contributed by atoms with Crippen LogP contribution in [0, 0.1) is 0 Å². The van der Waals surface area contributed by atoms with Crippen molar-refractivity contribution >= 4 is 23.4 Å². The molecule has 48 heavy (non-hydrogen) atoms. The summed E-state index contributed by atoms with van der Waals surface area (Å²) in [6.45, 7) is 4.96. The molecule has 1 unspecified atom stereocenters. The smallest absolute Gasteiger partial charge is 0.255 e. The van der Waals surface area contributed by atoms with Gasteiger partial charge in [0.1, 0.15) is 11.8 Å².